The zero-order valence-corrected chi connectivity index (χ0v) is 15.3. The van der Waals surface area contributed by atoms with Gasteiger partial charge in [-0.3, -0.25) is 0 Å². The third kappa shape index (κ3) is 14.2. The van der Waals surface area contributed by atoms with E-state index in [-0.39, 0.29) is 0 Å². The fraction of sp³-hybridized carbons (Fsp3) is 1.00. The third-order valence-electron chi connectivity index (χ3n) is 2.31. The molecule has 0 heterocycles. The monoisotopic (exact) mass is 534 g/mol. The highest BCUT2D eigenvalue weighted by Gasteiger charge is 1.96. The van der Waals surface area contributed by atoms with Gasteiger partial charge in [-0.1, -0.05) is 113 Å². The summed E-state index contributed by atoms with van der Waals surface area (Å²) in [5, 5.41) is 0. The average Bonchev–Trinajstić information content (AvgIpc) is 2.15. The van der Waals surface area contributed by atoms with Crippen molar-refractivity contribution in [2.24, 2.45) is 0 Å². The molecule has 0 aromatic carbocycles. The van der Waals surface area contributed by atoms with Crippen LogP contribution in [0.4, 0.5) is 0 Å². The Bertz CT molecular complexity index is 105. The molecular weight excluding hydrogens is 513 g/mol. The Morgan fingerprint density at radius 3 is 1.50 bits per heavy atom. The van der Waals surface area contributed by atoms with Gasteiger partial charge in [-0.05, 0) is 17.3 Å². The molecule has 3 heteroatoms. The predicted molar refractivity (Wildman–Crippen MR) is 92.3 cm³/mol. The number of rotatable bonds is 10. The molecule has 86 valence electrons. The minimum atomic E-state index is 0.842. The van der Waals surface area contributed by atoms with Gasteiger partial charge in [0.15, 0.2) is 0 Å². The second-order valence-corrected chi connectivity index (χ2v) is 10.2. The predicted octanol–water partition coefficient (Wildman–Crippen LogP) is 6.13. The first-order valence-corrected chi connectivity index (χ1v) is 9.63. The molecule has 0 atom stereocenters. The highest BCUT2D eigenvalue weighted by atomic mass is 127. The van der Waals surface area contributed by atoms with Crippen LogP contribution in [0.2, 0.25) is 0 Å². The summed E-state index contributed by atoms with van der Waals surface area (Å²) >= 11 is 7.50. The van der Waals surface area contributed by atoms with Crippen molar-refractivity contribution in [3.05, 3.63) is 0 Å². The maximum Gasteiger partial charge on any atom is 0.0626 e. The van der Waals surface area contributed by atoms with E-state index in [4.69, 9.17) is 0 Å². The molecule has 0 unspecified atom stereocenters. The quantitative estimate of drug-likeness (QED) is 0.180. The van der Waals surface area contributed by atoms with Crippen LogP contribution in [-0.4, -0.2) is 6.36 Å². The van der Waals surface area contributed by atoms with Crippen molar-refractivity contribution in [1.29, 1.82) is 0 Å². The van der Waals surface area contributed by atoms with Crippen molar-refractivity contribution in [1.82, 2.24) is 0 Å². The van der Waals surface area contributed by atoms with Crippen LogP contribution in [0.15, 0.2) is 0 Å². The van der Waals surface area contributed by atoms with Crippen LogP contribution < -0.4 is 0 Å². The maximum absolute atomic E-state index is 2.51. The fourth-order valence-electron chi connectivity index (χ4n) is 1.45. The average molecular weight is 534 g/mol. The van der Waals surface area contributed by atoms with Crippen LogP contribution in [-0.2, 0) is 0 Å². The standard InChI is InChI=1S/C11H21I3/c12-10-8-6-4-2-1-3-5-7-9-11(13)14/h11H,1-10H2. The molecule has 0 saturated heterocycles. The molecule has 0 bridgehead atoms. The zero-order chi connectivity index (χ0) is 10.6. The highest BCUT2D eigenvalue weighted by molar-refractivity contribution is 14.2. The lowest BCUT2D eigenvalue weighted by Gasteiger charge is -2.02. The van der Waals surface area contributed by atoms with Crippen molar-refractivity contribution in [3.8, 4) is 0 Å². The molecule has 0 spiro atoms. The first-order chi connectivity index (χ1) is 6.77. The van der Waals surface area contributed by atoms with Crippen LogP contribution in [0.25, 0.3) is 0 Å². The topological polar surface area (TPSA) is 0 Å². The van der Waals surface area contributed by atoms with Gasteiger partial charge < -0.3 is 0 Å². The largest absolute Gasteiger partial charge is 0.0864 e. The van der Waals surface area contributed by atoms with E-state index in [1.54, 1.807) is 0 Å². The Hall–Kier alpha value is 2.19. The molecule has 0 nitrogen and oxygen atoms in total. The highest BCUT2D eigenvalue weighted by Crippen LogP contribution is 2.18. The second-order valence-electron chi connectivity index (χ2n) is 3.70. The summed E-state index contributed by atoms with van der Waals surface area (Å²) < 4.78 is 2.18. The van der Waals surface area contributed by atoms with Gasteiger partial charge in [-0.25, -0.2) is 0 Å². The van der Waals surface area contributed by atoms with Crippen molar-refractivity contribution in [2.75, 3.05) is 4.43 Å². The minimum absolute atomic E-state index is 0.842. The third-order valence-corrected chi connectivity index (χ3v) is 4.31. The first kappa shape index (κ1) is 16.2. The lowest BCUT2D eigenvalue weighted by molar-refractivity contribution is 0.575. The van der Waals surface area contributed by atoms with Crippen molar-refractivity contribution in [2.45, 2.75) is 59.7 Å². The van der Waals surface area contributed by atoms with Crippen molar-refractivity contribution < 1.29 is 0 Å². The fourth-order valence-corrected chi connectivity index (χ4v) is 2.87. The summed E-state index contributed by atoms with van der Waals surface area (Å²) in [6, 6.07) is 0. The summed E-state index contributed by atoms with van der Waals surface area (Å²) in [6.45, 7) is 0. The van der Waals surface area contributed by atoms with E-state index >= 15 is 0 Å². The van der Waals surface area contributed by atoms with Crippen LogP contribution in [0.3, 0.4) is 0 Å². The van der Waals surface area contributed by atoms with Crippen LogP contribution in [0.5, 0.6) is 0 Å². The van der Waals surface area contributed by atoms with E-state index in [1.807, 2.05) is 0 Å². The summed E-state index contributed by atoms with van der Waals surface area (Å²) in [4.78, 5) is 0. The molecule has 0 aliphatic carbocycles. The van der Waals surface area contributed by atoms with Gasteiger partial charge in [0.05, 0.1) is 1.93 Å². The van der Waals surface area contributed by atoms with Gasteiger partial charge in [0.25, 0.3) is 0 Å². The lowest BCUT2D eigenvalue weighted by Crippen LogP contribution is -1.86. The maximum atomic E-state index is 2.51. The van der Waals surface area contributed by atoms with Gasteiger partial charge in [0.2, 0.25) is 0 Å². The number of hydrogen-bond donors (Lipinski definition) is 0. The molecule has 14 heavy (non-hydrogen) atoms. The molecule has 0 radical (unpaired) electrons. The normalized spacial score (nSPS) is 11.1. The zero-order valence-electron chi connectivity index (χ0n) is 8.78. The summed E-state index contributed by atoms with van der Waals surface area (Å²) in [7, 11) is 0. The Morgan fingerprint density at radius 2 is 1.07 bits per heavy atom. The molecule has 0 aliphatic rings. The second kappa shape index (κ2) is 13.3. The molecule has 0 rings (SSSR count). The number of hydrogen-bond acceptors (Lipinski definition) is 0. The number of alkyl halides is 3. The molecule has 0 N–H and O–H groups in total. The first-order valence-electron chi connectivity index (χ1n) is 5.61. The van der Waals surface area contributed by atoms with Crippen molar-refractivity contribution >= 4 is 67.8 Å². The van der Waals surface area contributed by atoms with Crippen LogP contribution >= 0.6 is 67.8 Å². The molecule has 0 aromatic heterocycles. The molecule has 0 aromatic rings. The minimum Gasteiger partial charge on any atom is -0.0864 e. The van der Waals surface area contributed by atoms with Crippen molar-refractivity contribution in [3.63, 3.8) is 0 Å². The molecule has 0 saturated carbocycles. The van der Waals surface area contributed by atoms with E-state index in [1.165, 1.54) is 62.2 Å². The van der Waals surface area contributed by atoms with E-state index in [0.29, 0.717) is 0 Å². The summed E-state index contributed by atoms with van der Waals surface area (Å²) in [5.41, 5.74) is 0. The number of halogens is 3. The SMILES string of the molecule is ICCCCCCCCCCC(I)I. The molecule has 0 amide bonds. The van der Waals surface area contributed by atoms with E-state index in [9.17, 15) is 0 Å². The Balaban J connectivity index is 2.85. The van der Waals surface area contributed by atoms with Gasteiger partial charge >= 0.3 is 0 Å². The van der Waals surface area contributed by atoms with Gasteiger partial charge in [0.1, 0.15) is 0 Å². The smallest absolute Gasteiger partial charge is 0.0626 e. The van der Waals surface area contributed by atoms with Crippen LogP contribution in [0, 0.1) is 0 Å². The summed E-state index contributed by atoms with van der Waals surface area (Å²) in [5.74, 6) is 0. The van der Waals surface area contributed by atoms with E-state index in [2.05, 4.69) is 67.8 Å². The molecule has 0 aliphatic heterocycles. The van der Waals surface area contributed by atoms with Gasteiger partial charge in [-0.15, -0.1) is 0 Å². The van der Waals surface area contributed by atoms with Crippen LogP contribution in [0.1, 0.15) is 57.8 Å². The molecule has 0 fully saturated rings. The number of unbranched alkanes of at least 4 members (excludes halogenated alkanes) is 7. The Morgan fingerprint density at radius 1 is 0.643 bits per heavy atom. The summed E-state index contributed by atoms with van der Waals surface area (Å²) in [6.07, 6.45) is 13.0. The molecular formula is C11H21I3. The Kier molecular flexibility index (Phi) is 15.3. The van der Waals surface area contributed by atoms with Gasteiger partial charge in [-0.2, -0.15) is 0 Å². The van der Waals surface area contributed by atoms with E-state index < -0.39 is 0 Å². The Labute approximate surface area is 130 Å². The van der Waals surface area contributed by atoms with E-state index in [0.717, 1.165) is 1.93 Å². The lowest BCUT2D eigenvalue weighted by atomic mass is 10.1. The van der Waals surface area contributed by atoms with Gasteiger partial charge in [0, 0.05) is 0 Å².